The molecular formula is C32H31F2N5O5. The molecule has 0 unspecified atom stereocenters. The SMILES string of the molecule is COC(=O)c1ccc2nc(CN3CCC(Oc4cc(COc5ccc(C#N)cc5F)ncc4F)CC3)n(C[C@@H]3CCO3)c2c1. The van der Waals surface area contributed by atoms with Crippen molar-refractivity contribution in [3.8, 4) is 17.6 Å². The van der Waals surface area contributed by atoms with Crippen LogP contribution in [0.5, 0.6) is 11.5 Å². The zero-order valence-electron chi connectivity index (χ0n) is 24.2. The molecule has 1 atom stereocenters. The number of imidazole rings is 1. The first-order chi connectivity index (χ1) is 21.4. The molecular weight excluding hydrogens is 572 g/mol. The minimum Gasteiger partial charge on any atom is -0.487 e. The fourth-order valence-electron chi connectivity index (χ4n) is 5.41. The zero-order valence-corrected chi connectivity index (χ0v) is 24.2. The van der Waals surface area contributed by atoms with E-state index in [0.717, 1.165) is 55.2 Å². The molecule has 228 valence electrons. The van der Waals surface area contributed by atoms with Crippen molar-refractivity contribution >= 4 is 17.0 Å². The molecule has 0 spiro atoms. The molecule has 44 heavy (non-hydrogen) atoms. The number of carbonyl (C=O) groups is 1. The second-order valence-electron chi connectivity index (χ2n) is 10.9. The highest BCUT2D eigenvalue weighted by atomic mass is 19.1. The number of halogens is 2. The van der Waals surface area contributed by atoms with Gasteiger partial charge < -0.3 is 23.5 Å². The van der Waals surface area contributed by atoms with Crippen molar-refractivity contribution in [1.29, 1.82) is 5.26 Å². The van der Waals surface area contributed by atoms with Crippen molar-refractivity contribution in [3.63, 3.8) is 0 Å². The lowest BCUT2D eigenvalue weighted by atomic mass is 10.1. The van der Waals surface area contributed by atoms with Crippen LogP contribution in [0.1, 0.15) is 46.7 Å². The number of benzene rings is 2. The Hall–Kier alpha value is -4.60. The van der Waals surface area contributed by atoms with E-state index in [0.29, 0.717) is 37.2 Å². The number of pyridine rings is 1. The third-order valence-electron chi connectivity index (χ3n) is 7.93. The number of aromatic nitrogens is 3. The molecule has 6 rings (SSSR count). The Kier molecular flexibility index (Phi) is 8.67. The van der Waals surface area contributed by atoms with Gasteiger partial charge in [0.05, 0.1) is 66.4 Å². The number of hydrogen-bond donors (Lipinski definition) is 0. The molecule has 10 nitrogen and oxygen atoms in total. The molecule has 2 aliphatic rings. The molecule has 2 aliphatic heterocycles. The van der Waals surface area contributed by atoms with Crippen molar-refractivity contribution in [2.45, 2.75) is 51.2 Å². The minimum absolute atomic E-state index is 0.0254. The number of esters is 1. The van der Waals surface area contributed by atoms with Gasteiger partial charge in [0.15, 0.2) is 23.1 Å². The molecule has 12 heteroatoms. The van der Waals surface area contributed by atoms with E-state index in [1.54, 1.807) is 6.07 Å². The van der Waals surface area contributed by atoms with Crippen LogP contribution in [0, 0.1) is 23.0 Å². The van der Waals surface area contributed by atoms with Crippen molar-refractivity contribution in [2.75, 3.05) is 26.8 Å². The van der Waals surface area contributed by atoms with E-state index in [9.17, 15) is 13.6 Å². The molecule has 4 heterocycles. The molecule has 0 N–H and O–H groups in total. The lowest BCUT2D eigenvalue weighted by Gasteiger charge is -2.32. The quantitative estimate of drug-likeness (QED) is 0.237. The number of hydrogen-bond acceptors (Lipinski definition) is 9. The summed E-state index contributed by atoms with van der Waals surface area (Å²) in [5, 5.41) is 8.90. The molecule has 0 aliphatic carbocycles. The van der Waals surface area contributed by atoms with Gasteiger partial charge in [-0.05, 0) is 55.7 Å². The third kappa shape index (κ3) is 6.49. The predicted molar refractivity (Wildman–Crippen MR) is 154 cm³/mol. The van der Waals surface area contributed by atoms with Crippen LogP contribution in [0.4, 0.5) is 8.78 Å². The highest BCUT2D eigenvalue weighted by molar-refractivity contribution is 5.93. The van der Waals surface area contributed by atoms with Crippen LogP contribution in [-0.4, -0.2) is 64.4 Å². The van der Waals surface area contributed by atoms with Gasteiger partial charge >= 0.3 is 5.97 Å². The molecule has 2 fully saturated rings. The van der Waals surface area contributed by atoms with Gasteiger partial charge in [-0.25, -0.2) is 18.6 Å². The molecule has 2 aromatic heterocycles. The molecule has 0 radical (unpaired) electrons. The van der Waals surface area contributed by atoms with Gasteiger partial charge in [-0.2, -0.15) is 5.26 Å². The second-order valence-corrected chi connectivity index (χ2v) is 10.9. The van der Waals surface area contributed by atoms with Crippen LogP contribution < -0.4 is 9.47 Å². The Morgan fingerprint density at radius 2 is 1.91 bits per heavy atom. The maximum atomic E-state index is 14.6. The van der Waals surface area contributed by atoms with E-state index in [4.69, 9.17) is 29.2 Å². The number of ether oxygens (including phenoxy) is 4. The van der Waals surface area contributed by atoms with Gasteiger partial charge in [-0.15, -0.1) is 0 Å². The number of likely N-dealkylation sites (tertiary alicyclic amines) is 1. The lowest BCUT2D eigenvalue weighted by Crippen LogP contribution is -2.39. The highest BCUT2D eigenvalue weighted by Crippen LogP contribution is 2.27. The largest absolute Gasteiger partial charge is 0.487 e. The first-order valence-electron chi connectivity index (χ1n) is 14.4. The lowest BCUT2D eigenvalue weighted by molar-refractivity contribution is -0.0592. The van der Waals surface area contributed by atoms with Crippen molar-refractivity contribution in [2.24, 2.45) is 0 Å². The number of methoxy groups -OCH3 is 1. The Morgan fingerprint density at radius 1 is 1.09 bits per heavy atom. The summed E-state index contributed by atoms with van der Waals surface area (Å²) >= 11 is 0. The smallest absolute Gasteiger partial charge is 0.337 e. The van der Waals surface area contributed by atoms with Crippen LogP contribution in [-0.2, 0) is 29.2 Å². The van der Waals surface area contributed by atoms with Gasteiger partial charge in [0.2, 0.25) is 0 Å². The van der Waals surface area contributed by atoms with Gasteiger partial charge in [-0.1, -0.05) is 0 Å². The normalized spacial score (nSPS) is 17.2. The topological polar surface area (TPSA) is 112 Å². The number of fused-ring (bicyclic) bond motifs is 1. The summed E-state index contributed by atoms with van der Waals surface area (Å²) in [4.78, 5) is 23.4. The standard InChI is InChI=1S/C32H31F2N5O5/c1-41-32(40)21-3-4-27-28(13-21)39(17-24-8-11-42-24)31(37-27)18-38-9-6-23(7-10-38)44-30-14-22(36-16-26(30)34)19-43-29-5-2-20(15-35)12-25(29)33/h2-5,12-14,16,23-24H,6-11,17-19H2,1H3/t24-/m0/s1. The molecule has 0 bridgehead atoms. The summed E-state index contributed by atoms with van der Waals surface area (Å²) in [6.45, 7) is 3.37. The van der Waals surface area contributed by atoms with Gasteiger partial charge in [0, 0.05) is 25.8 Å². The average Bonchev–Trinajstić information content (AvgIpc) is 3.35. The third-order valence-corrected chi connectivity index (χ3v) is 7.93. The van der Waals surface area contributed by atoms with E-state index >= 15 is 0 Å². The number of nitrogens with zero attached hydrogens (tertiary/aromatic N) is 5. The van der Waals surface area contributed by atoms with E-state index < -0.39 is 17.6 Å². The van der Waals surface area contributed by atoms with E-state index in [1.165, 1.54) is 25.3 Å². The summed E-state index contributed by atoms with van der Waals surface area (Å²) in [6, 6.07) is 12.6. The van der Waals surface area contributed by atoms with Crippen LogP contribution in [0.15, 0.2) is 48.7 Å². The van der Waals surface area contributed by atoms with Crippen LogP contribution in [0.25, 0.3) is 11.0 Å². The zero-order chi connectivity index (χ0) is 30.6. The summed E-state index contributed by atoms with van der Waals surface area (Å²) in [5.74, 6) is -0.705. The van der Waals surface area contributed by atoms with E-state index in [1.807, 2.05) is 18.2 Å². The average molecular weight is 604 g/mol. The number of carbonyl (C=O) groups excluding carboxylic acids is 1. The predicted octanol–water partition coefficient (Wildman–Crippen LogP) is 4.78. The Labute approximate surface area is 252 Å². The fourth-order valence-corrected chi connectivity index (χ4v) is 5.41. The van der Waals surface area contributed by atoms with Crippen molar-refractivity contribution in [3.05, 3.63) is 82.9 Å². The highest BCUT2D eigenvalue weighted by Gasteiger charge is 2.26. The van der Waals surface area contributed by atoms with Gasteiger partial charge in [0.25, 0.3) is 0 Å². The van der Waals surface area contributed by atoms with Crippen molar-refractivity contribution < 1.29 is 32.5 Å². The maximum Gasteiger partial charge on any atom is 0.337 e. The Balaban J connectivity index is 1.08. The summed E-state index contributed by atoms with van der Waals surface area (Å²) in [6.07, 6.45) is 3.33. The number of rotatable bonds is 10. The van der Waals surface area contributed by atoms with Gasteiger partial charge in [0.1, 0.15) is 18.5 Å². The summed E-state index contributed by atoms with van der Waals surface area (Å²) in [5.41, 5.74) is 2.71. The molecule has 0 amide bonds. The molecule has 2 saturated heterocycles. The Morgan fingerprint density at radius 3 is 2.61 bits per heavy atom. The van der Waals surface area contributed by atoms with E-state index in [-0.39, 0.29) is 35.9 Å². The molecule has 4 aromatic rings. The van der Waals surface area contributed by atoms with Crippen LogP contribution in [0.3, 0.4) is 0 Å². The monoisotopic (exact) mass is 603 g/mol. The first kappa shape index (κ1) is 29.5. The maximum absolute atomic E-state index is 14.6. The molecule has 2 aromatic carbocycles. The fraction of sp³-hybridized carbons (Fsp3) is 0.375. The van der Waals surface area contributed by atoms with Gasteiger partial charge in [-0.3, -0.25) is 9.88 Å². The summed E-state index contributed by atoms with van der Waals surface area (Å²) in [7, 11) is 1.36. The van der Waals surface area contributed by atoms with Crippen LogP contribution >= 0.6 is 0 Å². The van der Waals surface area contributed by atoms with Crippen LogP contribution in [0.2, 0.25) is 0 Å². The first-order valence-corrected chi connectivity index (χ1v) is 14.4. The second kappa shape index (κ2) is 13.0. The Bertz CT molecular complexity index is 1710. The van der Waals surface area contributed by atoms with E-state index in [2.05, 4.69) is 14.5 Å². The molecule has 0 saturated carbocycles. The van der Waals surface area contributed by atoms with Crippen molar-refractivity contribution in [1.82, 2.24) is 19.4 Å². The minimum atomic E-state index is -0.660. The number of piperidine rings is 1. The summed E-state index contributed by atoms with van der Waals surface area (Å²) < 4.78 is 53.0. The number of nitriles is 1.